The minimum Gasteiger partial charge on any atom is -0.349 e. The predicted octanol–water partition coefficient (Wildman–Crippen LogP) is 5.08. The van der Waals surface area contributed by atoms with Crippen molar-refractivity contribution in [2.45, 2.75) is 64.5 Å². The van der Waals surface area contributed by atoms with Crippen molar-refractivity contribution in [3.05, 3.63) is 47.0 Å². The number of carbonyl (C=O) groups is 2. The van der Waals surface area contributed by atoms with Gasteiger partial charge in [-0.25, -0.2) is 0 Å². The van der Waals surface area contributed by atoms with Crippen LogP contribution in [0.2, 0.25) is 5.02 Å². The quantitative estimate of drug-likeness (QED) is 0.697. The van der Waals surface area contributed by atoms with E-state index >= 15 is 0 Å². The van der Waals surface area contributed by atoms with Crippen molar-refractivity contribution in [2.75, 3.05) is 7.05 Å². The molecule has 3 aliphatic carbocycles. The number of nitrogens with one attached hydrogen (secondary N) is 1. The maximum Gasteiger partial charge on any atom is 0.253 e. The van der Waals surface area contributed by atoms with Crippen molar-refractivity contribution in [1.82, 2.24) is 10.2 Å². The SMILES string of the molecule is CN1C(=O)C=C[C@]2(C)[C@H]3CC[C@]4(C)[C@@H](NC(=O)c5ccccc5Cl)CC[C@H]4[C@@H]3CC[C@@H]12. The van der Waals surface area contributed by atoms with E-state index < -0.39 is 0 Å². The molecular formula is C26H33ClN2O2. The second kappa shape index (κ2) is 7.37. The first-order chi connectivity index (χ1) is 14.8. The Labute approximate surface area is 190 Å². The Bertz CT molecular complexity index is 945. The monoisotopic (exact) mass is 440 g/mol. The summed E-state index contributed by atoms with van der Waals surface area (Å²) in [6.07, 6.45) is 10.8. The number of hydrogen-bond donors (Lipinski definition) is 1. The third-order valence-corrected chi connectivity index (χ3v) is 9.88. The summed E-state index contributed by atoms with van der Waals surface area (Å²) < 4.78 is 0. The highest BCUT2D eigenvalue weighted by Gasteiger charge is 2.60. The fourth-order valence-electron chi connectivity index (χ4n) is 7.86. The molecule has 0 aromatic heterocycles. The van der Waals surface area contributed by atoms with Crippen molar-refractivity contribution < 1.29 is 9.59 Å². The molecule has 1 aromatic carbocycles. The first-order valence-electron chi connectivity index (χ1n) is 11.8. The Morgan fingerprint density at radius 3 is 2.65 bits per heavy atom. The summed E-state index contributed by atoms with van der Waals surface area (Å²) in [6.45, 7) is 4.78. The van der Waals surface area contributed by atoms with Crippen LogP contribution in [0.25, 0.3) is 0 Å². The summed E-state index contributed by atoms with van der Waals surface area (Å²) in [6, 6.07) is 7.81. The van der Waals surface area contributed by atoms with Crippen molar-refractivity contribution in [3.63, 3.8) is 0 Å². The Morgan fingerprint density at radius 2 is 1.87 bits per heavy atom. The molecule has 4 aliphatic rings. The second-order valence-corrected chi connectivity index (χ2v) is 11.2. The van der Waals surface area contributed by atoms with Gasteiger partial charge in [0.15, 0.2) is 0 Å². The molecule has 1 aliphatic heterocycles. The highest BCUT2D eigenvalue weighted by molar-refractivity contribution is 6.33. The summed E-state index contributed by atoms with van der Waals surface area (Å²) in [5, 5.41) is 3.87. The van der Waals surface area contributed by atoms with E-state index in [0.29, 0.717) is 34.4 Å². The van der Waals surface area contributed by atoms with Crippen LogP contribution < -0.4 is 5.32 Å². The van der Waals surface area contributed by atoms with Crippen molar-refractivity contribution in [1.29, 1.82) is 0 Å². The Hall–Kier alpha value is -1.81. The zero-order valence-corrected chi connectivity index (χ0v) is 19.5. The molecule has 0 saturated heterocycles. The van der Waals surface area contributed by atoms with E-state index in [4.69, 9.17) is 11.6 Å². The number of likely N-dealkylation sites (N-methyl/N-ethyl adjacent to an activating group) is 1. The van der Waals surface area contributed by atoms with Crippen LogP contribution in [0, 0.1) is 28.6 Å². The van der Waals surface area contributed by atoms with E-state index in [2.05, 4.69) is 25.2 Å². The number of carbonyl (C=O) groups excluding carboxylic acids is 2. The minimum absolute atomic E-state index is 0.0504. The van der Waals surface area contributed by atoms with E-state index in [-0.39, 0.29) is 28.7 Å². The summed E-state index contributed by atoms with van der Waals surface area (Å²) in [5.74, 6) is 1.98. The van der Waals surface area contributed by atoms with Crippen LogP contribution in [-0.4, -0.2) is 35.8 Å². The first-order valence-corrected chi connectivity index (χ1v) is 12.1. The molecule has 166 valence electrons. The number of rotatable bonds is 2. The van der Waals surface area contributed by atoms with Gasteiger partial charge in [0.05, 0.1) is 10.6 Å². The van der Waals surface area contributed by atoms with Gasteiger partial charge in [-0.2, -0.15) is 0 Å². The van der Waals surface area contributed by atoms with Gasteiger partial charge in [0.25, 0.3) is 5.91 Å². The van der Waals surface area contributed by atoms with E-state index in [1.54, 1.807) is 18.2 Å². The minimum atomic E-state index is -0.0504. The van der Waals surface area contributed by atoms with Crippen LogP contribution in [-0.2, 0) is 4.79 Å². The Kier molecular flexibility index (Phi) is 5.00. The molecule has 0 bridgehead atoms. The standard InChI is InChI=1S/C26H33ClN2O2/c1-25-14-12-19-16(8-11-22-26(19,2)15-13-23(30)29(22)3)18(25)9-10-21(25)28-24(31)17-6-4-5-7-20(17)27/h4-7,13,15-16,18-19,21-22H,8-12,14H2,1-3H3,(H,28,31)/t16-,18-,19-,21-,22+,25-,26+/m0/s1. The highest BCUT2D eigenvalue weighted by atomic mass is 35.5. The summed E-state index contributed by atoms with van der Waals surface area (Å²) in [5.41, 5.74) is 0.755. The first kappa shape index (κ1) is 21.1. The topological polar surface area (TPSA) is 49.4 Å². The molecule has 5 rings (SSSR count). The van der Waals surface area contributed by atoms with Gasteiger partial charge in [-0.3, -0.25) is 9.59 Å². The molecule has 4 nitrogen and oxygen atoms in total. The molecule has 3 saturated carbocycles. The van der Waals surface area contributed by atoms with E-state index in [9.17, 15) is 9.59 Å². The molecule has 0 unspecified atom stereocenters. The highest BCUT2D eigenvalue weighted by Crippen LogP contribution is 2.63. The molecule has 2 amide bonds. The van der Waals surface area contributed by atoms with Gasteiger partial charge in [-0.1, -0.05) is 43.7 Å². The zero-order chi connectivity index (χ0) is 22.0. The lowest BCUT2D eigenvalue weighted by Gasteiger charge is -2.60. The summed E-state index contributed by atoms with van der Waals surface area (Å²) >= 11 is 6.27. The maximum absolute atomic E-state index is 13.0. The molecule has 5 heteroatoms. The van der Waals surface area contributed by atoms with Crippen molar-refractivity contribution in [3.8, 4) is 0 Å². The Balaban J connectivity index is 1.37. The van der Waals surface area contributed by atoms with Crippen molar-refractivity contribution in [2.24, 2.45) is 28.6 Å². The number of amides is 2. The lowest BCUT2D eigenvalue weighted by atomic mass is 9.48. The van der Waals surface area contributed by atoms with Crippen LogP contribution in [0.4, 0.5) is 0 Å². The average Bonchev–Trinajstić information content (AvgIpc) is 3.07. The number of nitrogens with zero attached hydrogens (tertiary/aromatic N) is 1. The van der Waals surface area contributed by atoms with E-state index in [0.717, 1.165) is 25.7 Å². The van der Waals surface area contributed by atoms with Gasteiger partial charge >= 0.3 is 0 Å². The molecule has 7 atom stereocenters. The molecule has 1 N–H and O–H groups in total. The third kappa shape index (κ3) is 3.08. The molecule has 1 aromatic rings. The van der Waals surface area contributed by atoms with E-state index in [1.807, 2.05) is 24.1 Å². The molecule has 0 radical (unpaired) electrons. The molecule has 1 heterocycles. The number of halogens is 1. The number of hydrogen-bond acceptors (Lipinski definition) is 2. The molecule has 0 spiro atoms. The normalized spacial score (nSPS) is 41.4. The van der Waals surface area contributed by atoms with Gasteiger partial charge in [-0.05, 0) is 79.9 Å². The number of benzene rings is 1. The second-order valence-electron chi connectivity index (χ2n) is 10.7. The zero-order valence-electron chi connectivity index (χ0n) is 18.7. The molecule has 31 heavy (non-hydrogen) atoms. The van der Waals surface area contributed by atoms with Gasteiger partial charge < -0.3 is 10.2 Å². The summed E-state index contributed by atoms with van der Waals surface area (Å²) in [4.78, 5) is 27.2. The van der Waals surface area contributed by atoms with Crippen LogP contribution in [0.3, 0.4) is 0 Å². The lowest BCUT2D eigenvalue weighted by Crippen LogP contribution is -2.60. The van der Waals surface area contributed by atoms with Crippen LogP contribution in [0.1, 0.15) is 62.7 Å². The van der Waals surface area contributed by atoms with E-state index in [1.165, 1.54) is 12.8 Å². The molecular weight excluding hydrogens is 408 g/mol. The van der Waals surface area contributed by atoms with Crippen LogP contribution >= 0.6 is 11.6 Å². The molecule has 3 fully saturated rings. The van der Waals surface area contributed by atoms with Gasteiger partial charge in [0.1, 0.15) is 0 Å². The largest absolute Gasteiger partial charge is 0.349 e. The van der Waals surface area contributed by atoms with Gasteiger partial charge in [0, 0.05) is 24.5 Å². The average molecular weight is 441 g/mol. The smallest absolute Gasteiger partial charge is 0.253 e. The summed E-state index contributed by atoms with van der Waals surface area (Å²) in [7, 11) is 1.97. The Morgan fingerprint density at radius 1 is 1.10 bits per heavy atom. The van der Waals surface area contributed by atoms with Crippen molar-refractivity contribution >= 4 is 23.4 Å². The fourth-order valence-corrected chi connectivity index (χ4v) is 8.08. The van der Waals surface area contributed by atoms with Crippen LogP contribution in [0.5, 0.6) is 0 Å². The maximum atomic E-state index is 13.0. The predicted molar refractivity (Wildman–Crippen MR) is 123 cm³/mol. The van der Waals surface area contributed by atoms with Gasteiger partial charge in [-0.15, -0.1) is 0 Å². The number of fused-ring (bicyclic) bond motifs is 5. The lowest BCUT2D eigenvalue weighted by molar-refractivity contribution is -0.138. The van der Waals surface area contributed by atoms with Crippen LogP contribution in [0.15, 0.2) is 36.4 Å². The fraction of sp³-hybridized carbons (Fsp3) is 0.615. The van der Waals surface area contributed by atoms with Gasteiger partial charge in [0.2, 0.25) is 5.91 Å². The third-order valence-electron chi connectivity index (χ3n) is 9.55.